The maximum Gasteiger partial charge on any atom is 0.255 e. The van der Waals surface area contributed by atoms with Crippen molar-refractivity contribution in [3.05, 3.63) is 72.2 Å². The second-order valence-corrected chi connectivity index (χ2v) is 6.40. The van der Waals surface area contributed by atoms with E-state index >= 15 is 0 Å². The Bertz CT molecular complexity index is 937. The summed E-state index contributed by atoms with van der Waals surface area (Å²) in [6, 6.07) is 17.2. The third-order valence-corrected chi connectivity index (χ3v) is 4.62. The molecule has 0 radical (unpaired) electrons. The Balaban J connectivity index is 1.40. The minimum absolute atomic E-state index is 0.103. The van der Waals surface area contributed by atoms with E-state index < -0.39 is 0 Å². The zero-order valence-electron chi connectivity index (χ0n) is 15.1. The Kier molecular flexibility index (Phi) is 4.89. The van der Waals surface area contributed by atoms with Gasteiger partial charge in [0.05, 0.1) is 31.0 Å². The van der Waals surface area contributed by atoms with Gasteiger partial charge in [-0.2, -0.15) is 0 Å². The van der Waals surface area contributed by atoms with Gasteiger partial charge in [0.15, 0.2) is 0 Å². The third-order valence-electron chi connectivity index (χ3n) is 4.62. The van der Waals surface area contributed by atoms with Crippen LogP contribution >= 0.6 is 0 Å². The molecule has 3 aromatic rings. The van der Waals surface area contributed by atoms with Gasteiger partial charge in [-0.05, 0) is 12.1 Å². The topological polar surface area (TPSA) is 65.4 Å². The molecule has 2 heterocycles. The van der Waals surface area contributed by atoms with E-state index in [9.17, 15) is 4.79 Å². The van der Waals surface area contributed by atoms with Crippen LogP contribution in [0.4, 0.5) is 0 Å². The number of para-hydroxylation sites is 1. The second kappa shape index (κ2) is 7.63. The predicted molar refractivity (Wildman–Crippen MR) is 102 cm³/mol. The Morgan fingerprint density at radius 3 is 2.81 bits per heavy atom. The van der Waals surface area contributed by atoms with Crippen molar-refractivity contribution in [2.75, 3.05) is 13.7 Å². The quantitative estimate of drug-likeness (QED) is 0.757. The molecule has 2 aromatic carbocycles. The summed E-state index contributed by atoms with van der Waals surface area (Å²) in [5.41, 5.74) is 2.54. The summed E-state index contributed by atoms with van der Waals surface area (Å²) < 4.78 is 13.2. The van der Waals surface area contributed by atoms with Crippen LogP contribution in [0.3, 0.4) is 0 Å². The van der Waals surface area contributed by atoms with Crippen molar-refractivity contribution in [2.24, 2.45) is 0 Å². The summed E-state index contributed by atoms with van der Waals surface area (Å²) in [5.74, 6) is 1.29. The van der Waals surface area contributed by atoms with Gasteiger partial charge in [-0.25, -0.2) is 4.98 Å². The lowest BCUT2D eigenvalue weighted by molar-refractivity contribution is 0.00326. The third kappa shape index (κ3) is 3.71. The molecule has 0 spiro atoms. The molecule has 1 aromatic heterocycles. The van der Waals surface area contributed by atoms with Crippen LogP contribution in [0.15, 0.2) is 60.8 Å². The van der Waals surface area contributed by atoms with Gasteiger partial charge in [-0.1, -0.05) is 42.5 Å². The standard InChI is InChI=1S/C21H21N3O3/c1-26-19-10-6-5-9-17(19)21(25)22-11-16-12-24-13-18(23-20(24)14-27-16)15-7-3-2-4-8-15/h2-10,13,16H,11-12,14H2,1H3,(H,22,25). The van der Waals surface area contributed by atoms with Crippen molar-refractivity contribution >= 4 is 5.91 Å². The lowest BCUT2D eigenvalue weighted by Crippen LogP contribution is -2.38. The van der Waals surface area contributed by atoms with Crippen LogP contribution in [0, 0.1) is 0 Å². The highest BCUT2D eigenvalue weighted by Crippen LogP contribution is 2.22. The van der Waals surface area contributed by atoms with E-state index in [0.717, 1.165) is 17.1 Å². The molecule has 1 atom stereocenters. The van der Waals surface area contributed by atoms with E-state index in [0.29, 0.717) is 31.0 Å². The number of ether oxygens (including phenoxy) is 2. The number of rotatable bonds is 5. The zero-order chi connectivity index (χ0) is 18.6. The van der Waals surface area contributed by atoms with Gasteiger partial charge >= 0.3 is 0 Å². The molecule has 0 bridgehead atoms. The average Bonchev–Trinajstić information content (AvgIpc) is 3.16. The van der Waals surface area contributed by atoms with Gasteiger partial charge in [0, 0.05) is 18.3 Å². The zero-order valence-corrected chi connectivity index (χ0v) is 15.1. The predicted octanol–water partition coefficient (Wildman–Crippen LogP) is 2.89. The number of carbonyl (C=O) groups is 1. The van der Waals surface area contributed by atoms with Crippen LogP contribution in [0.25, 0.3) is 11.3 Å². The van der Waals surface area contributed by atoms with Gasteiger partial charge in [0.1, 0.15) is 18.2 Å². The summed E-state index contributed by atoms with van der Waals surface area (Å²) in [7, 11) is 1.56. The van der Waals surface area contributed by atoms with Crippen molar-refractivity contribution in [1.29, 1.82) is 0 Å². The first kappa shape index (κ1) is 17.3. The number of carbonyl (C=O) groups excluding carboxylic acids is 1. The molecule has 1 amide bonds. The molecule has 6 nitrogen and oxygen atoms in total. The maximum absolute atomic E-state index is 12.4. The van der Waals surface area contributed by atoms with E-state index in [1.807, 2.05) is 48.7 Å². The van der Waals surface area contributed by atoms with Crippen LogP contribution in [0.5, 0.6) is 5.75 Å². The number of aromatic nitrogens is 2. The fourth-order valence-electron chi connectivity index (χ4n) is 3.20. The molecule has 0 saturated heterocycles. The lowest BCUT2D eigenvalue weighted by atomic mass is 10.2. The van der Waals surface area contributed by atoms with E-state index in [4.69, 9.17) is 9.47 Å². The molecule has 27 heavy (non-hydrogen) atoms. The monoisotopic (exact) mass is 363 g/mol. The van der Waals surface area contributed by atoms with Crippen LogP contribution in [0.2, 0.25) is 0 Å². The molecule has 0 saturated carbocycles. The Labute approximate surface area is 157 Å². The summed E-state index contributed by atoms with van der Waals surface area (Å²) in [5, 5.41) is 2.94. The number of fused-ring (bicyclic) bond motifs is 1. The first-order valence-corrected chi connectivity index (χ1v) is 8.89. The Morgan fingerprint density at radius 1 is 1.22 bits per heavy atom. The molecule has 1 aliphatic heterocycles. The van der Waals surface area contributed by atoms with E-state index in [2.05, 4.69) is 14.9 Å². The number of nitrogens with zero attached hydrogens (tertiary/aromatic N) is 2. The van der Waals surface area contributed by atoms with Crippen LogP contribution in [0.1, 0.15) is 16.2 Å². The molecular formula is C21H21N3O3. The number of hydrogen-bond donors (Lipinski definition) is 1. The summed E-state index contributed by atoms with van der Waals surface area (Å²) in [6.45, 7) is 1.51. The van der Waals surface area contributed by atoms with Crippen LogP contribution in [-0.2, 0) is 17.9 Å². The molecule has 138 valence electrons. The van der Waals surface area contributed by atoms with Crippen molar-refractivity contribution in [2.45, 2.75) is 19.3 Å². The highest BCUT2D eigenvalue weighted by Gasteiger charge is 2.22. The molecule has 0 fully saturated rings. The summed E-state index contributed by atoms with van der Waals surface area (Å²) in [6.07, 6.45) is 1.94. The number of hydrogen-bond acceptors (Lipinski definition) is 4. The second-order valence-electron chi connectivity index (χ2n) is 6.40. The molecular weight excluding hydrogens is 342 g/mol. The molecule has 6 heteroatoms. The first-order chi connectivity index (χ1) is 13.2. The maximum atomic E-state index is 12.4. The van der Waals surface area contributed by atoms with Crippen molar-refractivity contribution < 1.29 is 14.3 Å². The van der Waals surface area contributed by atoms with E-state index in [-0.39, 0.29) is 12.0 Å². The Morgan fingerprint density at radius 2 is 2.00 bits per heavy atom. The minimum Gasteiger partial charge on any atom is -0.496 e. The minimum atomic E-state index is -0.169. The highest BCUT2D eigenvalue weighted by atomic mass is 16.5. The van der Waals surface area contributed by atoms with Crippen molar-refractivity contribution in [3.8, 4) is 17.0 Å². The fourth-order valence-corrected chi connectivity index (χ4v) is 3.20. The highest BCUT2D eigenvalue weighted by molar-refractivity contribution is 5.96. The number of nitrogens with one attached hydrogen (secondary N) is 1. The first-order valence-electron chi connectivity index (χ1n) is 8.89. The fraction of sp³-hybridized carbons (Fsp3) is 0.238. The molecule has 1 unspecified atom stereocenters. The van der Waals surface area contributed by atoms with E-state index in [1.165, 1.54) is 0 Å². The van der Waals surface area contributed by atoms with Crippen molar-refractivity contribution in [3.63, 3.8) is 0 Å². The number of methoxy groups -OCH3 is 1. The number of amides is 1. The largest absolute Gasteiger partial charge is 0.496 e. The molecule has 1 aliphatic rings. The number of imidazole rings is 1. The van der Waals surface area contributed by atoms with Gasteiger partial charge < -0.3 is 19.4 Å². The van der Waals surface area contributed by atoms with Crippen LogP contribution in [-0.4, -0.2) is 35.2 Å². The molecule has 1 N–H and O–H groups in total. The molecule has 0 aliphatic carbocycles. The summed E-state index contributed by atoms with van der Waals surface area (Å²) in [4.78, 5) is 17.1. The van der Waals surface area contributed by atoms with Gasteiger partial charge in [-0.15, -0.1) is 0 Å². The normalized spacial score (nSPS) is 15.8. The van der Waals surface area contributed by atoms with Crippen LogP contribution < -0.4 is 10.1 Å². The number of benzene rings is 2. The average molecular weight is 363 g/mol. The van der Waals surface area contributed by atoms with E-state index in [1.54, 1.807) is 19.2 Å². The van der Waals surface area contributed by atoms with Gasteiger partial charge in [0.25, 0.3) is 5.91 Å². The van der Waals surface area contributed by atoms with Gasteiger partial charge in [0.2, 0.25) is 0 Å². The molecule has 4 rings (SSSR count). The van der Waals surface area contributed by atoms with Gasteiger partial charge in [-0.3, -0.25) is 4.79 Å². The Hall–Kier alpha value is -3.12. The SMILES string of the molecule is COc1ccccc1C(=O)NCC1Cn2cc(-c3ccccc3)nc2CO1. The lowest BCUT2D eigenvalue weighted by Gasteiger charge is -2.24. The smallest absolute Gasteiger partial charge is 0.255 e. The summed E-state index contributed by atoms with van der Waals surface area (Å²) >= 11 is 0. The van der Waals surface area contributed by atoms with Crippen molar-refractivity contribution in [1.82, 2.24) is 14.9 Å².